The largest absolute Gasteiger partial charge is 0.478 e. The third-order valence-corrected chi connectivity index (χ3v) is 4.08. The molecule has 0 radical (unpaired) electrons. The highest BCUT2D eigenvalue weighted by molar-refractivity contribution is 9.10. The summed E-state index contributed by atoms with van der Waals surface area (Å²) >= 11 is 3.39. The zero-order valence-electron chi connectivity index (χ0n) is 9.90. The van der Waals surface area contributed by atoms with Gasteiger partial charge in [-0.15, -0.1) is 0 Å². The van der Waals surface area contributed by atoms with Crippen molar-refractivity contribution in [3.8, 4) is 0 Å². The van der Waals surface area contributed by atoms with Crippen LogP contribution in [-0.2, 0) is 6.42 Å². The molecule has 0 aliphatic heterocycles. The van der Waals surface area contributed by atoms with E-state index in [1.165, 1.54) is 0 Å². The van der Waals surface area contributed by atoms with Gasteiger partial charge in [0.2, 0.25) is 0 Å². The monoisotopic (exact) mass is 305 g/mol. The number of carbonyl (C=O) groups is 1. The maximum absolute atomic E-state index is 11.5. The lowest BCUT2D eigenvalue weighted by Gasteiger charge is -2.10. The standard InChI is InChI=1S/C14H12BrNO2/c1-7-2-4-9-12(14(17)18)10-6-8(15)3-5-11(10)16-13(7)9/h3,5-7H,2,4H2,1H3,(H,17,18). The molecule has 1 atom stereocenters. The molecule has 0 spiro atoms. The molecular weight excluding hydrogens is 294 g/mol. The van der Waals surface area contributed by atoms with E-state index in [9.17, 15) is 9.90 Å². The Balaban J connectivity index is 2.44. The molecule has 1 N–H and O–H groups in total. The molecule has 92 valence electrons. The van der Waals surface area contributed by atoms with Gasteiger partial charge < -0.3 is 5.11 Å². The van der Waals surface area contributed by atoms with Crippen LogP contribution in [0.3, 0.4) is 0 Å². The molecule has 4 heteroatoms. The van der Waals surface area contributed by atoms with Crippen LogP contribution in [-0.4, -0.2) is 16.1 Å². The minimum Gasteiger partial charge on any atom is -0.478 e. The van der Waals surface area contributed by atoms with E-state index in [-0.39, 0.29) is 0 Å². The molecule has 18 heavy (non-hydrogen) atoms. The van der Waals surface area contributed by atoms with E-state index in [0.29, 0.717) is 11.5 Å². The molecule has 2 aromatic rings. The molecule has 1 heterocycles. The van der Waals surface area contributed by atoms with Crippen molar-refractivity contribution in [3.05, 3.63) is 39.5 Å². The third-order valence-electron chi connectivity index (χ3n) is 3.59. The number of aromatic carboxylic acids is 1. The summed E-state index contributed by atoms with van der Waals surface area (Å²) in [6.07, 6.45) is 1.80. The second-order valence-corrected chi connectivity index (χ2v) is 5.67. The Labute approximate surface area is 113 Å². The summed E-state index contributed by atoms with van der Waals surface area (Å²) in [7, 11) is 0. The van der Waals surface area contributed by atoms with Gasteiger partial charge in [0.05, 0.1) is 11.1 Å². The number of carboxylic acid groups (broad SMARTS) is 1. The van der Waals surface area contributed by atoms with Crippen molar-refractivity contribution < 1.29 is 9.90 Å². The van der Waals surface area contributed by atoms with Crippen molar-refractivity contribution in [3.63, 3.8) is 0 Å². The predicted octanol–water partition coefficient (Wildman–Crippen LogP) is 3.75. The summed E-state index contributed by atoms with van der Waals surface area (Å²) in [5.41, 5.74) is 3.08. The number of rotatable bonds is 1. The fraction of sp³-hybridized carbons (Fsp3) is 0.286. The SMILES string of the molecule is CC1CCc2c1nc1ccc(Br)cc1c2C(=O)O. The first-order valence-corrected chi connectivity index (χ1v) is 6.72. The van der Waals surface area contributed by atoms with Crippen LogP contribution in [0.1, 0.15) is 40.9 Å². The molecule has 1 aliphatic carbocycles. The summed E-state index contributed by atoms with van der Waals surface area (Å²) in [5, 5.41) is 10.2. The van der Waals surface area contributed by atoms with Gasteiger partial charge in [0.15, 0.2) is 0 Å². The maximum Gasteiger partial charge on any atom is 0.336 e. The zero-order chi connectivity index (χ0) is 12.9. The van der Waals surface area contributed by atoms with E-state index < -0.39 is 5.97 Å². The van der Waals surface area contributed by atoms with E-state index >= 15 is 0 Å². The molecule has 0 saturated heterocycles. The van der Waals surface area contributed by atoms with Gasteiger partial charge in [-0.2, -0.15) is 0 Å². The van der Waals surface area contributed by atoms with Crippen molar-refractivity contribution in [1.29, 1.82) is 0 Å². The Morgan fingerprint density at radius 2 is 2.28 bits per heavy atom. The molecule has 0 amide bonds. The lowest BCUT2D eigenvalue weighted by Crippen LogP contribution is -2.06. The Morgan fingerprint density at radius 3 is 3.00 bits per heavy atom. The summed E-state index contributed by atoms with van der Waals surface area (Å²) in [5.74, 6) is -0.503. The van der Waals surface area contributed by atoms with Crippen molar-refractivity contribution in [2.45, 2.75) is 25.7 Å². The number of nitrogens with zero attached hydrogens (tertiary/aromatic N) is 1. The highest BCUT2D eigenvalue weighted by Gasteiger charge is 2.27. The Bertz CT molecular complexity index is 666. The molecule has 1 aromatic carbocycles. The highest BCUT2D eigenvalue weighted by Crippen LogP contribution is 2.37. The minimum absolute atomic E-state index is 0.353. The van der Waals surface area contributed by atoms with Crippen LogP contribution in [0.4, 0.5) is 0 Å². The van der Waals surface area contributed by atoms with Crippen molar-refractivity contribution in [2.75, 3.05) is 0 Å². The zero-order valence-corrected chi connectivity index (χ0v) is 11.5. The molecule has 3 rings (SSSR count). The Hall–Kier alpha value is -1.42. The van der Waals surface area contributed by atoms with Crippen molar-refractivity contribution in [2.24, 2.45) is 0 Å². The molecule has 1 aliphatic rings. The fourth-order valence-electron chi connectivity index (χ4n) is 2.70. The molecule has 3 nitrogen and oxygen atoms in total. The number of hydrogen-bond donors (Lipinski definition) is 1. The first-order chi connectivity index (χ1) is 8.58. The molecule has 0 bridgehead atoms. The first kappa shape index (κ1) is 11.7. The molecule has 0 saturated carbocycles. The van der Waals surface area contributed by atoms with Gasteiger partial charge in [0, 0.05) is 15.6 Å². The van der Waals surface area contributed by atoms with Crippen LogP contribution >= 0.6 is 15.9 Å². The summed E-state index contributed by atoms with van der Waals surface area (Å²) in [6, 6.07) is 5.61. The average molecular weight is 306 g/mol. The van der Waals surface area contributed by atoms with Gasteiger partial charge in [-0.3, -0.25) is 4.98 Å². The van der Waals surface area contributed by atoms with Gasteiger partial charge in [-0.05, 0) is 42.5 Å². The summed E-state index contributed by atoms with van der Waals surface area (Å²) in [6.45, 7) is 2.11. The number of aromatic nitrogens is 1. The molecule has 1 aromatic heterocycles. The van der Waals surface area contributed by atoms with Crippen molar-refractivity contribution >= 4 is 32.8 Å². The number of benzene rings is 1. The van der Waals surface area contributed by atoms with Crippen LogP contribution in [0.5, 0.6) is 0 Å². The maximum atomic E-state index is 11.5. The van der Waals surface area contributed by atoms with E-state index in [2.05, 4.69) is 27.8 Å². The van der Waals surface area contributed by atoms with Gasteiger partial charge in [0.25, 0.3) is 0 Å². The fourth-order valence-corrected chi connectivity index (χ4v) is 3.06. The molecular formula is C14H12BrNO2. The van der Waals surface area contributed by atoms with Crippen molar-refractivity contribution in [1.82, 2.24) is 4.98 Å². The number of hydrogen-bond acceptors (Lipinski definition) is 2. The van der Waals surface area contributed by atoms with Crippen LogP contribution in [0.15, 0.2) is 22.7 Å². The summed E-state index contributed by atoms with van der Waals surface area (Å²) in [4.78, 5) is 16.2. The van der Waals surface area contributed by atoms with E-state index in [1.54, 1.807) is 0 Å². The van der Waals surface area contributed by atoms with E-state index in [0.717, 1.165) is 39.5 Å². The van der Waals surface area contributed by atoms with Gasteiger partial charge >= 0.3 is 5.97 Å². The number of fused-ring (bicyclic) bond motifs is 2. The number of carboxylic acids is 1. The normalized spacial score (nSPS) is 18.0. The molecule has 1 unspecified atom stereocenters. The topological polar surface area (TPSA) is 50.2 Å². The lowest BCUT2D eigenvalue weighted by molar-refractivity contribution is 0.0698. The van der Waals surface area contributed by atoms with Crippen LogP contribution in [0.2, 0.25) is 0 Å². The van der Waals surface area contributed by atoms with Gasteiger partial charge in [-0.1, -0.05) is 22.9 Å². The van der Waals surface area contributed by atoms with Gasteiger partial charge in [0.1, 0.15) is 0 Å². The minimum atomic E-state index is -0.856. The second-order valence-electron chi connectivity index (χ2n) is 4.76. The second kappa shape index (κ2) is 4.05. The summed E-state index contributed by atoms with van der Waals surface area (Å²) < 4.78 is 0.880. The van der Waals surface area contributed by atoms with E-state index in [1.807, 2.05) is 18.2 Å². The lowest BCUT2D eigenvalue weighted by atomic mass is 10.0. The highest BCUT2D eigenvalue weighted by atomic mass is 79.9. The van der Waals surface area contributed by atoms with Crippen LogP contribution in [0.25, 0.3) is 10.9 Å². The third kappa shape index (κ3) is 1.63. The Kier molecular flexibility index (Phi) is 2.63. The smallest absolute Gasteiger partial charge is 0.336 e. The van der Waals surface area contributed by atoms with Crippen LogP contribution < -0.4 is 0 Å². The predicted molar refractivity (Wildman–Crippen MR) is 73.1 cm³/mol. The average Bonchev–Trinajstić information content (AvgIpc) is 2.67. The molecule has 0 fully saturated rings. The quantitative estimate of drug-likeness (QED) is 0.873. The number of halogens is 1. The van der Waals surface area contributed by atoms with Crippen LogP contribution in [0, 0.1) is 0 Å². The van der Waals surface area contributed by atoms with Gasteiger partial charge in [-0.25, -0.2) is 4.79 Å². The number of pyridine rings is 1. The Morgan fingerprint density at radius 1 is 1.50 bits per heavy atom. The van der Waals surface area contributed by atoms with E-state index in [4.69, 9.17) is 0 Å². The first-order valence-electron chi connectivity index (χ1n) is 5.93.